The van der Waals surface area contributed by atoms with Crippen molar-refractivity contribution in [3.63, 3.8) is 0 Å². The van der Waals surface area contributed by atoms with Crippen molar-refractivity contribution in [2.24, 2.45) is 0 Å². The Morgan fingerprint density at radius 3 is 2.33 bits per heavy atom. The summed E-state index contributed by atoms with van der Waals surface area (Å²) in [4.78, 5) is 12.9. The Labute approximate surface area is 193 Å². The first-order valence-corrected chi connectivity index (χ1v) is 12.0. The minimum Gasteiger partial charge on any atom is -0.322 e. The molecule has 0 saturated heterocycles. The number of aromatic nitrogens is 2. The van der Waals surface area contributed by atoms with E-state index in [1.165, 1.54) is 7.05 Å². The maximum atomic E-state index is 13.0. The quantitative estimate of drug-likeness (QED) is 0.465. The molecule has 0 fully saturated rings. The first kappa shape index (κ1) is 22.7. The zero-order chi connectivity index (χ0) is 23.8. The van der Waals surface area contributed by atoms with Gasteiger partial charge in [0.1, 0.15) is 0 Å². The fourth-order valence-electron chi connectivity index (χ4n) is 3.73. The molecule has 1 aromatic heterocycles. The molecule has 3 aromatic carbocycles. The monoisotopic (exact) mass is 462 g/mol. The van der Waals surface area contributed by atoms with E-state index in [0.29, 0.717) is 11.4 Å². The van der Waals surface area contributed by atoms with Gasteiger partial charge in [-0.1, -0.05) is 48.0 Å². The fourth-order valence-corrected chi connectivity index (χ4v) is 4.90. The van der Waals surface area contributed by atoms with Gasteiger partial charge in [-0.25, -0.2) is 13.1 Å². The molecule has 0 aliphatic carbocycles. The molecular formula is C25H26N4O3S. The van der Waals surface area contributed by atoms with E-state index in [0.717, 1.165) is 32.0 Å². The van der Waals surface area contributed by atoms with E-state index < -0.39 is 15.9 Å². The molecular weight excluding hydrogens is 436 g/mol. The fraction of sp³-hybridized carbons (Fsp3) is 0.200. The largest absolute Gasteiger partial charge is 0.322 e. The molecule has 0 atom stereocenters. The lowest BCUT2D eigenvalue weighted by Crippen LogP contribution is -2.35. The number of fused-ring (bicyclic) bond motifs is 1. The van der Waals surface area contributed by atoms with Crippen LogP contribution in [-0.2, 0) is 14.8 Å². The summed E-state index contributed by atoms with van der Waals surface area (Å²) in [5.41, 5.74) is 4.03. The van der Waals surface area contributed by atoms with Crippen LogP contribution < -0.4 is 5.32 Å². The van der Waals surface area contributed by atoms with Gasteiger partial charge >= 0.3 is 0 Å². The lowest BCUT2D eigenvalue weighted by atomic mass is 10.1. The number of hydrogen-bond donors (Lipinski definition) is 1. The topological polar surface area (TPSA) is 84.3 Å². The Morgan fingerprint density at radius 1 is 0.970 bits per heavy atom. The molecule has 1 N–H and O–H groups in total. The second-order valence-corrected chi connectivity index (χ2v) is 10.2. The molecule has 33 heavy (non-hydrogen) atoms. The molecule has 8 heteroatoms. The number of carbonyl (C=O) groups excluding carboxylic acids is 1. The number of anilines is 1. The maximum absolute atomic E-state index is 13.0. The first-order chi connectivity index (χ1) is 15.7. The van der Waals surface area contributed by atoms with E-state index in [1.807, 2.05) is 69.3 Å². The number of amides is 1. The van der Waals surface area contributed by atoms with Crippen LogP contribution in [0.1, 0.15) is 17.0 Å². The highest BCUT2D eigenvalue weighted by Crippen LogP contribution is 2.24. The zero-order valence-electron chi connectivity index (χ0n) is 19.0. The number of aryl methyl sites for hydroxylation is 2. The number of rotatable bonds is 6. The van der Waals surface area contributed by atoms with Crippen molar-refractivity contribution in [2.45, 2.75) is 25.7 Å². The van der Waals surface area contributed by atoms with Gasteiger partial charge in [0.05, 0.1) is 34.2 Å². The number of likely N-dealkylation sites (N-methyl/N-ethyl adjacent to an activating group) is 1. The number of sulfonamides is 1. The molecule has 0 aliphatic heterocycles. The van der Waals surface area contributed by atoms with Crippen LogP contribution in [-0.4, -0.2) is 42.0 Å². The van der Waals surface area contributed by atoms with Gasteiger partial charge in [0.2, 0.25) is 15.9 Å². The molecule has 0 radical (unpaired) electrons. The minimum atomic E-state index is -3.83. The molecule has 0 aliphatic rings. The summed E-state index contributed by atoms with van der Waals surface area (Å²) < 4.78 is 28.9. The molecule has 170 valence electrons. The van der Waals surface area contributed by atoms with Gasteiger partial charge in [0.15, 0.2) is 0 Å². The molecule has 7 nitrogen and oxygen atoms in total. The van der Waals surface area contributed by atoms with Crippen LogP contribution in [0.3, 0.4) is 0 Å². The van der Waals surface area contributed by atoms with E-state index >= 15 is 0 Å². The number of hydrogen-bond acceptors (Lipinski definition) is 4. The Hall–Kier alpha value is -3.49. The summed E-state index contributed by atoms with van der Waals surface area (Å²) in [5, 5.41) is 9.15. The lowest BCUT2D eigenvalue weighted by molar-refractivity contribution is -0.116. The number of nitrogens with one attached hydrogen (secondary N) is 1. The van der Waals surface area contributed by atoms with E-state index in [1.54, 1.807) is 22.9 Å². The van der Waals surface area contributed by atoms with Gasteiger partial charge < -0.3 is 5.32 Å². The van der Waals surface area contributed by atoms with E-state index in [4.69, 9.17) is 0 Å². The van der Waals surface area contributed by atoms with Crippen molar-refractivity contribution in [1.29, 1.82) is 0 Å². The zero-order valence-corrected chi connectivity index (χ0v) is 19.8. The SMILES string of the molecule is Cc1ccc(-n2nc(C)c(NC(=O)CN(C)S(=O)(=O)c3ccc4ccccc4c3)c2C)cc1. The predicted molar refractivity (Wildman–Crippen MR) is 130 cm³/mol. The standard InChI is InChI=1S/C25H26N4O3S/c1-17-9-12-22(13-10-17)29-19(3)25(18(2)27-29)26-24(30)16-28(4)33(31,32)23-14-11-20-7-5-6-8-21(20)15-23/h5-15H,16H2,1-4H3,(H,26,30). The van der Waals surface area contributed by atoms with Gasteiger partial charge in [-0.2, -0.15) is 9.40 Å². The van der Waals surface area contributed by atoms with Crippen molar-refractivity contribution < 1.29 is 13.2 Å². The number of benzene rings is 3. The summed E-state index contributed by atoms with van der Waals surface area (Å²) in [6.45, 7) is 5.37. The molecule has 0 bridgehead atoms. The van der Waals surface area contributed by atoms with Crippen LogP contribution in [0.2, 0.25) is 0 Å². The highest BCUT2D eigenvalue weighted by atomic mass is 32.2. The smallest absolute Gasteiger partial charge is 0.243 e. The highest BCUT2D eigenvalue weighted by molar-refractivity contribution is 7.89. The molecule has 0 saturated carbocycles. The number of nitrogens with zero attached hydrogens (tertiary/aromatic N) is 3. The van der Waals surface area contributed by atoms with Gasteiger partial charge in [0.25, 0.3) is 0 Å². The Bertz CT molecular complexity index is 1440. The highest BCUT2D eigenvalue weighted by Gasteiger charge is 2.24. The Balaban J connectivity index is 1.52. The first-order valence-electron chi connectivity index (χ1n) is 10.5. The van der Waals surface area contributed by atoms with E-state index in [2.05, 4.69) is 10.4 Å². The molecule has 1 amide bonds. The van der Waals surface area contributed by atoms with Crippen LogP contribution >= 0.6 is 0 Å². The molecule has 4 aromatic rings. The van der Waals surface area contributed by atoms with Crippen LogP contribution in [0.25, 0.3) is 16.5 Å². The number of carbonyl (C=O) groups is 1. The second-order valence-electron chi connectivity index (χ2n) is 8.11. The van der Waals surface area contributed by atoms with Crippen molar-refractivity contribution >= 4 is 32.4 Å². The normalized spacial score (nSPS) is 11.8. The summed E-state index contributed by atoms with van der Waals surface area (Å²) in [6.07, 6.45) is 0. The molecule has 0 unspecified atom stereocenters. The third-order valence-electron chi connectivity index (χ3n) is 5.63. The average Bonchev–Trinajstić information content (AvgIpc) is 3.07. The molecule has 1 heterocycles. The summed E-state index contributed by atoms with van der Waals surface area (Å²) >= 11 is 0. The Morgan fingerprint density at radius 2 is 1.64 bits per heavy atom. The second kappa shape index (κ2) is 8.80. The summed E-state index contributed by atoms with van der Waals surface area (Å²) in [5.74, 6) is -0.434. The molecule has 4 rings (SSSR count). The summed E-state index contributed by atoms with van der Waals surface area (Å²) in [7, 11) is -2.43. The van der Waals surface area contributed by atoms with Gasteiger partial charge in [0, 0.05) is 7.05 Å². The summed E-state index contributed by atoms with van der Waals surface area (Å²) in [6, 6.07) is 20.4. The van der Waals surface area contributed by atoms with Gasteiger partial charge in [-0.3, -0.25) is 4.79 Å². The molecule has 0 spiro atoms. The van der Waals surface area contributed by atoms with Gasteiger partial charge in [-0.05, 0) is 55.8 Å². The average molecular weight is 463 g/mol. The van der Waals surface area contributed by atoms with Crippen LogP contribution in [0.15, 0.2) is 71.6 Å². The van der Waals surface area contributed by atoms with Crippen molar-refractivity contribution in [2.75, 3.05) is 18.9 Å². The third-order valence-corrected chi connectivity index (χ3v) is 7.43. The van der Waals surface area contributed by atoms with Gasteiger partial charge in [-0.15, -0.1) is 0 Å². The van der Waals surface area contributed by atoms with E-state index in [9.17, 15) is 13.2 Å². The van der Waals surface area contributed by atoms with Crippen LogP contribution in [0, 0.1) is 20.8 Å². The third kappa shape index (κ3) is 4.53. The van der Waals surface area contributed by atoms with Crippen LogP contribution in [0.5, 0.6) is 0 Å². The van der Waals surface area contributed by atoms with Crippen LogP contribution in [0.4, 0.5) is 5.69 Å². The van der Waals surface area contributed by atoms with Crippen molar-refractivity contribution in [3.05, 3.63) is 83.7 Å². The van der Waals surface area contributed by atoms with Crippen molar-refractivity contribution in [3.8, 4) is 5.69 Å². The van der Waals surface area contributed by atoms with Crippen molar-refractivity contribution in [1.82, 2.24) is 14.1 Å². The minimum absolute atomic E-state index is 0.149. The lowest BCUT2D eigenvalue weighted by Gasteiger charge is -2.17. The maximum Gasteiger partial charge on any atom is 0.243 e. The Kier molecular flexibility index (Phi) is 6.05. The van der Waals surface area contributed by atoms with E-state index in [-0.39, 0.29) is 11.4 Å². The predicted octanol–water partition coefficient (Wildman–Crippen LogP) is 4.21.